The van der Waals surface area contributed by atoms with E-state index in [1.165, 1.54) is 11.1 Å². The van der Waals surface area contributed by atoms with Crippen molar-refractivity contribution in [2.75, 3.05) is 11.9 Å². The molecule has 11 heteroatoms. The van der Waals surface area contributed by atoms with Gasteiger partial charge >= 0.3 is 0 Å². The molecule has 5 aromatic rings. The SMILES string of the molecule is Cc1[nH]c2ccc(NC(=O)[C@@H]3C[C@@H](F)CN3C(=O)Cn3cc(C(N)=O)c4cc(-c5ccnnc5)ccc43)cc2c1C. The highest BCUT2D eigenvalue weighted by Crippen LogP contribution is 2.30. The van der Waals surface area contributed by atoms with Gasteiger partial charge < -0.3 is 25.5 Å². The summed E-state index contributed by atoms with van der Waals surface area (Å²) in [4.78, 5) is 43.6. The van der Waals surface area contributed by atoms with Crippen LogP contribution in [0.25, 0.3) is 32.9 Å². The van der Waals surface area contributed by atoms with Gasteiger partial charge in [0.05, 0.1) is 24.5 Å². The number of amides is 3. The first-order chi connectivity index (χ1) is 19.7. The van der Waals surface area contributed by atoms with Crippen LogP contribution in [0.4, 0.5) is 10.1 Å². The van der Waals surface area contributed by atoms with Gasteiger partial charge in [0, 0.05) is 51.4 Å². The molecule has 1 fully saturated rings. The molecule has 0 unspecified atom stereocenters. The van der Waals surface area contributed by atoms with Crippen LogP contribution in [0.2, 0.25) is 0 Å². The summed E-state index contributed by atoms with van der Waals surface area (Å²) >= 11 is 0. The third-order valence-electron chi connectivity index (χ3n) is 7.82. The molecule has 0 saturated carbocycles. The quantitative estimate of drug-likeness (QED) is 0.293. The van der Waals surface area contributed by atoms with Gasteiger partial charge in [0.25, 0.3) is 5.91 Å². The second-order valence-corrected chi connectivity index (χ2v) is 10.4. The maximum absolute atomic E-state index is 14.6. The van der Waals surface area contributed by atoms with Crippen molar-refractivity contribution in [1.29, 1.82) is 0 Å². The third-order valence-corrected chi connectivity index (χ3v) is 7.82. The second kappa shape index (κ2) is 10.2. The molecule has 208 valence electrons. The summed E-state index contributed by atoms with van der Waals surface area (Å²) in [5.74, 6) is -1.53. The highest BCUT2D eigenvalue weighted by molar-refractivity contribution is 6.07. The Labute approximate surface area is 234 Å². The van der Waals surface area contributed by atoms with Crippen LogP contribution in [0.5, 0.6) is 0 Å². The fourth-order valence-corrected chi connectivity index (χ4v) is 5.58. The highest BCUT2D eigenvalue weighted by atomic mass is 19.1. The number of carbonyl (C=O) groups excluding carboxylic acids is 3. The molecule has 3 amide bonds. The summed E-state index contributed by atoms with van der Waals surface area (Å²) in [6, 6.07) is 11.8. The zero-order valence-electron chi connectivity index (χ0n) is 22.5. The molecule has 2 atom stereocenters. The van der Waals surface area contributed by atoms with Gasteiger partial charge in [0.15, 0.2) is 0 Å². The van der Waals surface area contributed by atoms with Gasteiger partial charge in [0.1, 0.15) is 18.8 Å². The lowest BCUT2D eigenvalue weighted by atomic mass is 10.0. The van der Waals surface area contributed by atoms with E-state index >= 15 is 0 Å². The number of nitrogens with zero attached hydrogens (tertiary/aromatic N) is 4. The summed E-state index contributed by atoms with van der Waals surface area (Å²) in [6.07, 6.45) is 3.28. The lowest BCUT2D eigenvalue weighted by molar-refractivity contribution is -0.137. The number of aryl methyl sites for hydroxylation is 2. The molecule has 4 heterocycles. The van der Waals surface area contributed by atoms with Gasteiger partial charge in [-0.3, -0.25) is 14.4 Å². The fraction of sp³-hybridized carbons (Fsp3) is 0.233. The number of H-pyrrole nitrogens is 1. The van der Waals surface area contributed by atoms with E-state index in [1.807, 2.05) is 38.1 Å². The van der Waals surface area contributed by atoms with Crippen LogP contribution in [0, 0.1) is 13.8 Å². The van der Waals surface area contributed by atoms with E-state index in [0.29, 0.717) is 16.6 Å². The van der Waals surface area contributed by atoms with Crippen LogP contribution >= 0.6 is 0 Å². The largest absolute Gasteiger partial charge is 0.366 e. The number of nitrogens with one attached hydrogen (secondary N) is 2. The molecular formula is C30H28FN7O3. The number of alkyl halides is 1. The Morgan fingerprint density at radius 2 is 1.90 bits per heavy atom. The number of benzene rings is 2. The molecule has 1 saturated heterocycles. The molecular weight excluding hydrogens is 525 g/mol. The van der Waals surface area contributed by atoms with E-state index in [9.17, 15) is 18.8 Å². The molecule has 3 aromatic heterocycles. The number of nitrogens with two attached hydrogens (primary N) is 1. The molecule has 0 bridgehead atoms. The number of likely N-dealkylation sites (tertiary alicyclic amines) is 1. The Balaban J connectivity index is 1.25. The minimum absolute atomic E-state index is 0.0929. The van der Waals surface area contributed by atoms with Crippen molar-refractivity contribution in [3.63, 3.8) is 0 Å². The van der Waals surface area contributed by atoms with E-state index in [-0.39, 0.29) is 25.1 Å². The predicted molar refractivity (Wildman–Crippen MR) is 153 cm³/mol. The number of hydrogen-bond acceptors (Lipinski definition) is 5. The Bertz CT molecular complexity index is 1830. The van der Waals surface area contributed by atoms with Crippen LogP contribution in [0.1, 0.15) is 28.0 Å². The van der Waals surface area contributed by atoms with E-state index < -0.39 is 29.9 Å². The van der Waals surface area contributed by atoms with E-state index in [2.05, 4.69) is 20.5 Å². The summed E-state index contributed by atoms with van der Waals surface area (Å²) in [6.45, 7) is 3.60. The second-order valence-electron chi connectivity index (χ2n) is 10.4. The Hall–Kier alpha value is -5.06. The molecule has 2 aromatic carbocycles. The first-order valence-corrected chi connectivity index (χ1v) is 13.2. The maximum Gasteiger partial charge on any atom is 0.250 e. The van der Waals surface area contributed by atoms with Gasteiger partial charge in [-0.25, -0.2) is 4.39 Å². The van der Waals surface area contributed by atoms with Crippen molar-refractivity contribution in [2.24, 2.45) is 5.73 Å². The van der Waals surface area contributed by atoms with Crippen molar-refractivity contribution in [3.05, 3.63) is 77.9 Å². The standard InChI is InChI=1S/C30H28FN7O3/c1-16-17(2)35-25-5-4-21(11-22(16)25)36-30(41)27-10-20(31)13-38(27)28(39)15-37-14-24(29(32)40)23-9-18(3-6-26(23)37)19-7-8-33-34-12-19/h3-9,11-12,14,20,27,35H,10,13,15H2,1-2H3,(H2,32,40)(H,36,41)/t20-,27+/m1/s1. The molecule has 41 heavy (non-hydrogen) atoms. The number of aromatic amines is 1. The number of primary amides is 1. The Morgan fingerprint density at radius 1 is 1.07 bits per heavy atom. The number of carbonyl (C=O) groups is 3. The number of hydrogen-bond donors (Lipinski definition) is 3. The molecule has 10 nitrogen and oxygen atoms in total. The number of aromatic nitrogens is 4. The molecule has 4 N–H and O–H groups in total. The van der Waals surface area contributed by atoms with Crippen molar-refractivity contribution < 1.29 is 18.8 Å². The third kappa shape index (κ3) is 4.79. The molecule has 6 rings (SSSR count). The van der Waals surface area contributed by atoms with Gasteiger partial charge in [-0.05, 0) is 61.4 Å². The summed E-state index contributed by atoms with van der Waals surface area (Å²) in [5, 5.41) is 12.1. The van der Waals surface area contributed by atoms with Crippen molar-refractivity contribution >= 4 is 45.2 Å². The Kier molecular flexibility index (Phi) is 6.49. The van der Waals surface area contributed by atoms with Crippen molar-refractivity contribution in [2.45, 2.75) is 39.0 Å². The lowest BCUT2D eigenvalue weighted by Gasteiger charge is -2.24. The maximum atomic E-state index is 14.6. The summed E-state index contributed by atoms with van der Waals surface area (Å²) in [7, 11) is 0. The summed E-state index contributed by atoms with van der Waals surface area (Å²) in [5.41, 5.74) is 11.8. The van der Waals surface area contributed by atoms with Crippen LogP contribution in [0.3, 0.4) is 0 Å². The highest BCUT2D eigenvalue weighted by Gasteiger charge is 2.40. The molecule has 1 aliphatic rings. The molecule has 0 radical (unpaired) electrons. The van der Waals surface area contributed by atoms with Crippen molar-refractivity contribution in [3.8, 4) is 11.1 Å². The monoisotopic (exact) mass is 553 g/mol. The predicted octanol–water partition coefficient (Wildman–Crippen LogP) is 3.87. The van der Waals surface area contributed by atoms with E-state index in [4.69, 9.17) is 5.73 Å². The van der Waals surface area contributed by atoms with E-state index in [0.717, 1.165) is 33.3 Å². The number of halogens is 1. The zero-order valence-corrected chi connectivity index (χ0v) is 22.5. The van der Waals surface area contributed by atoms with Crippen LogP contribution < -0.4 is 11.1 Å². The van der Waals surface area contributed by atoms with Gasteiger partial charge in [0.2, 0.25) is 11.8 Å². The van der Waals surface area contributed by atoms with Crippen molar-refractivity contribution in [1.82, 2.24) is 24.6 Å². The molecule has 1 aliphatic heterocycles. The number of anilines is 1. The minimum Gasteiger partial charge on any atom is -0.366 e. The molecule has 0 aliphatic carbocycles. The average Bonchev–Trinajstić information content (AvgIpc) is 3.62. The van der Waals surface area contributed by atoms with Crippen LogP contribution in [0.15, 0.2) is 61.1 Å². The van der Waals surface area contributed by atoms with Gasteiger partial charge in [-0.2, -0.15) is 10.2 Å². The minimum atomic E-state index is -1.33. The van der Waals surface area contributed by atoms with Gasteiger partial charge in [-0.1, -0.05) is 6.07 Å². The smallest absolute Gasteiger partial charge is 0.250 e. The van der Waals surface area contributed by atoms with Crippen LogP contribution in [-0.4, -0.2) is 61.1 Å². The fourth-order valence-electron chi connectivity index (χ4n) is 5.58. The zero-order chi connectivity index (χ0) is 28.8. The topological polar surface area (TPSA) is 139 Å². The average molecular weight is 554 g/mol. The Morgan fingerprint density at radius 3 is 2.66 bits per heavy atom. The normalized spacial score (nSPS) is 16.9. The number of rotatable bonds is 6. The molecule has 0 spiro atoms. The van der Waals surface area contributed by atoms with Crippen LogP contribution in [-0.2, 0) is 16.1 Å². The summed E-state index contributed by atoms with van der Waals surface area (Å²) < 4.78 is 16.2. The lowest BCUT2D eigenvalue weighted by Crippen LogP contribution is -2.44. The van der Waals surface area contributed by atoms with E-state index in [1.54, 1.807) is 35.2 Å². The number of fused-ring (bicyclic) bond motifs is 2. The first kappa shape index (κ1) is 26.2. The van der Waals surface area contributed by atoms with Gasteiger partial charge in [-0.15, -0.1) is 0 Å². The first-order valence-electron chi connectivity index (χ1n) is 13.2.